The van der Waals surface area contributed by atoms with Gasteiger partial charge in [-0.3, -0.25) is 4.79 Å². The Morgan fingerprint density at radius 3 is 2.83 bits per heavy atom. The standard InChI is InChI=1S/C11H13BrN2O3S/c12-8-3-4-10(13-6-8)11(15)14-9-2-1-5-18(16,17)7-9/h3-4,6,9H,1-2,5,7H2,(H,14,15). The van der Waals surface area contributed by atoms with Gasteiger partial charge in [0.15, 0.2) is 9.84 Å². The first kappa shape index (κ1) is 13.5. The zero-order valence-electron chi connectivity index (χ0n) is 9.60. The Kier molecular flexibility index (Phi) is 4.01. The average molecular weight is 333 g/mol. The third kappa shape index (κ3) is 3.52. The molecule has 1 saturated heterocycles. The van der Waals surface area contributed by atoms with Crippen LogP contribution in [0.5, 0.6) is 0 Å². The molecular formula is C11H13BrN2O3S. The molecule has 0 aliphatic carbocycles. The third-order valence-electron chi connectivity index (χ3n) is 2.76. The number of halogens is 1. The van der Waals surface area contributed by atoms with Crippen molar-refractivity contribution < 1.29 is 13.2 Å². The second-order valence-electron chi connectivity index (χ2n) is 4.29. The Morgan fingerprint density at radius 1 is 1.44 bits per heavy atom. The van der Waals surface area contributed by atoms with Crippen molar-refractivity contribution in [3.8, 4) is 0 Å². The summed E-state index contributed by atoms with van der Waals surface area (Å²) >= 11 is 3.23. The number of aromatic nitrogens is 1. The number of sulfone groups is 1. The molecule has 1 aromatic rings. The molecule has 0 radical (unpaired) electrons. The molecule has 1 amide bonds. The predicted molar refractivity (Wildman–Crippen MR) is 71.1 cm³/mol. The fourth-order valence-electron chi connectivity index (χ4n) is 1.91. The van der Waals surface area contributed by atoms with Crippen LogP contribution < -0.4 is 5.32 Å². The molecule has 1 aliphatic heterocycles. The van der Waals surface area contributed by atoms with Crippen LogP contribution >= 0.6 is 15.9 Å². The van der Waals surface area contributed by atoms with E-state index in [2.05, 4.69) is 26.2 Å². The van der Waals surface area contributed by atoms with E-state index in [1.165, 1.54) is 6.20 Å². The van der Waals surface area contributed by atoms with Gasteiger partial charge in [-0.25, -0.2) is 13.4 Å². The second-order valence-corrected chi connectivity index (χ2v) is 7.43. The van der Waals surface area contributed by atoms with E-state index in [9.17, 15) is 13.2 Å². The summed E-state index contributed by atoms with van der Waals surface area (Å²) in [7, 11) is -3.01. The normalized spacial score (nSPS) is 22.4. The molecule has 1 unspecified atom stereocenters. The van der Waals surface area contributed by atoms with Crippen LogP contribution in [0.25, 0.3) is 0 Å². The molecule has 5 nitrogen and oxygen atoms in total. The van der Waals surface area contributed by atoms with E-state index in [0.717, 1.165) is 4.47 Å². The van der Waals surface area contributed by atoms with E-state index in [1.807, 2.05) is 0 Å². The quantitative estimate of drug-likeness (QED) is 0.881. The maximum atomic E-state index is 11.9. The first-order valence-electron chi connectivity index (χ1n) is 5.59. The zero-order valence-corrected chi connectivity index (χ0v) is 12.0. The maximum Gasteiger partial charge on any atom is 0.270 e. The van der Waals surface area contributed by atoms with E-state index in [1.54, 1.807) is 12.1 Å². The molecular weight excluding hydrogens is 320 g/mol. The van der Waals surface area contributed by atoms with Gasteiger partial charge in [0, 0.05) is 16.7 Å². The van der Waals surface area contributed by atoms with E-state index in [-0.39, 0.29) is 23.5 Å². The minimum atomic E-state index is -3.01. The monoisotopic (exact) mass is 332 g/mol. The molecule has 18 heavy (non-hydrogen) atoms. The van der Waals surface area contributed by atoms with Crippen LogP contribution in [0.3, 0.4) is 0 Å². The Labute approximate surface area is 114 Å². The number of carbonyl (C=O) groups is 1. The summed E-state index contributed by atoms with van der Waals surface area (Å²) in [4.78, 5) is 15.8. The summed E-state index contributed by atoms with van der Waals surface area (Å²) in [6.07, 6.45) is 2.83. The Hall–Kier alpha value is -0.950. The number of nitrogens with one attached hydrogen (secondary N) is 1. The summed E-state index contributed by atoms with van der Waals surface area (Å²) < 4.78 is 23.7. The Bertz CT molecular complexity index is 542. The van der Waals surface area contributed by atoms with Gasteiger partial charge in [0.05, 0.1) is 11.5 Å². The number of carbonyl (C=O) groups excluding carboxylic acids is 1. The highest BCUT2D eigenvalue weighted by Crippen LogP contribution is 2.13. The van der Waals surface area contributed by atoms with E-state index < -0.39 is 9.84 Å². The van der Waals surface area contributed by atoms with Gasteiger partial charge < -0.3 is 5.32 Å². The summed E-state index contributed by atoms with van der Waals surface area (Å²) in [5, 5.41) is 2.71. The molecule has 2 rings (SSSR count). The molecule has 2 heterocycles. The third-order valence-corrected chi connectivity index (χ3v) is 5.05. The summed E-state index contributed by atoms with van der Waals surface area (Å²) in [5.41, 5.74) is 0.293. The van der Waals surface area contributed by atoms with Crippen molar-refractivity contribution in [1.82, 2.24) is 10.3 Å². The molecule has 0 bridgehead atoms. The van der Waals surface area contributed by atoms with Crippen LogP contribution in [-0.4, -0.2) is 36.9 Å². The van der Waals surface area contributed by atoms with Crippen molar-refractivity contribution in [3.05, 3.63) is 28.5 Å². The van der Waals surface area contributed by atoms with Gasteiger partial charge in [-0.2, -0.15) is 0 Å². The first-order chi connectivity index (χ1) is 8.46. The molecule has 7 heteroatoms. The summed E-state index contributed by atoms with van der Waals surface area (Å²) in [6.45, 7) is 0. The number of amides is 1. The number of pyridine rings is 1. The van der Waals surface area contributed by atoms with E-state index in [4.69, 9.17) is 0 Å². The van der Waals surface area contributed by atoms with Gasteiger partial charge in [0.2, 0.25) is 0 Å². The molecule has 0 saturated carbocycles. The lowest BCUT2D eigenvalue weighted by atomic mass is 10.2. The highest BCUT2D eigenvalue weighted by Gasteiger charge is 2.26. The van der Waals surface area contributed by atoms with E-state index >= 15 is 0 Å². The fourth-order valence-corrected chi connectivity index (χ4v) is 3.78. The van der Waals surface area contributed by atoms with Gasteiger partial charge in [-0.1, -0.05) is 0 Å². The van der Waals surface area contributed by atoms with Crippen molar-refractivity contribution in [1.29, 1.82) is 0 Å². The number of nitrogens with zero attached hydrogens (tertiary/aromatic N) is 1. The minimum Gasteiger partial charge on any atom is -0.347 e. The van der Waals surface area contributed by atoms with Crippen LogP contribution in [0.2, 0.25) is 0 Å². The predicted octanol–water partition coefficient (Wildman–Crippen LogP) is 1.15. The van der Waals surface area contributed by atoms with Gasteiger partial charge in [-0.05, 0) is 40.9 Å². The van der Waals surface area contributed by atoms with Gasteiger partial charge in [0.25, 0.3) is 5.91 Å². The second kappa shape index (κ2) is 5.36. The minimum absolute atomic E-state index is 0.0231. The molecule has 1 atom stereocenters. The molecule has 0 aromatic carbocycles. The number of hydrogen-bond donors (Lipinski definition) is 1. The highest BCUT2D eigenvalue weighted by molar-refractivity contribution is 9.10. The SMILES string of the molecule is O=C(NC1CCCS(=O)(=O)C1)c1ccc(Br)cn1. The lowest BCUT2D eigenvalue weighted by Gasteiger charge is -2.22. The largest absolute Gasteiger partial charge is 0.347 e. The van der Waals surface area contributed by atoms with Crippen molar-refractivity contribution in [2.75, 3.05) is 11.5 Å². The van der Waals surface area contributed by atoms with Gasteiger partial charge >= 0.3 is 0 Å². The summed E-state index contributed by atoms with van der Waals surface area (Å²) in [6, 6.07) is 3.01. The lowest BCUT2D eigenvalue weighted by molar-refractivity contribution is 0.0933. The maximum absolute atomic E-state index is 11.9. The fraction of sp³-hybridized carbons (Fsp3) is 0.455. The van der Waals surface area contributed by atoms with Crippen LogP contribution in [0.4, 0.5) is 0 Å². The van der Waals surface area contributed by atoms with Gasteiger partial charge in [-0.15, -0.1) is 0 Å². The number of hydrogen-bond acceptors (Lipinski definition) is 4. The van der Waals surface area contributed by atoms with Crippen LogP contribution in [0, 0.1) is 0 Å². The summed E-state index contributed by atoms with van der Waals surface area (Å²) in [5.74, 6) is -0.0878. The molecule has 0 spiro atoms. The molecule has 1 fully saturated rings. The van der Waals surface area contributed by atoms with Crippen molar-refractivity contribution >= 4 is 31.7 Å². The first-order valence-corrected chi connectivity index (χ1v) is 8.20. The molecule has 1 aromatic heterocycles. The Balaban J connectivity index is 2.01. The van der Waals surface area contributed by atoms with Crippen molar-refractivity contribution in [2.24, 2.45) is 0 Å². The molecule has 1 N–H and O–H groups in total. The van der Waals surface area contributed by atoms with Crippen LogP contribution in [-0.2, 0) is 9.84 Å². The van der Waals surface area contributed by atoms with Gasteiger partial charge in [0.1, 0.15) is 5.69 Å². The molecule has 1 aliphatic rings. The van der Waals surface area contributed by atoms with E-state index in [0.29, 0.717) is 18.5 Å². The van der Waals surface area contributed by atoms with Crippen LogP contribution in [0.15, 0.2) is 22.8 Å². The number of rotatable bonds is 2. The molecule has 98 valence electrons. The van der Waals surface area contributed by atoms with Crippen molar-refractivity contribution in [3.63, 3.8) is 0 Å². The topological polar surface area (TPSA) is 76.1 Å². The van der Waals surface area contributed by atoms with Crippen molar-refractivity contribution in [2.45, 2.75) is 18.9 Å². The lowest BCUT2D eigenvalue weighted by Crippen LogP contribution is -2.43. The van der Waals surface area contributed by atoms with Crippen LogP contribution in [0.1, 0.15) is 23.3 Å². The Morgan fingerprint density at radius 2 is 2.22 bits per heavy atom. The smallest absolute Gasteiger partial charge is 0.270 e. The zero-order chi connectivity index (χ0) is 13.2. The average Bonchev–Trinajstić information content (AvgIpc) is 2.28. The highest BCUT2D eigenvalue weighted by atomic mass is 79.9.